The average Bonchev–Trinajstić information content (AvgIpc) is 2.88. The van der Waals surface area contributed by atoms with Crippen molar-refractivity contribution in [1.82, 2.24) is 10.6 Å². The summed E-state index contributed by atoms with van der Waals surface area (Å²) in [7, 11) is 0. The van der Waals surface area contributed by atoms with Gasteiger partial charge in [0.05, 0.1) is 5.41 Å². The molecule has 1 amide bonds. The van der Waals surface area contributed by atoms with Crippen molar-refractivity contribution in [3.05, 3.63) is 35.4 Å². The van der Waals surface area contributed by atoms with Crippen molar-refractivity contribution in [2.45, 2.75) is 33.7 Å². The summed E-state index contributed by atoms with van der Waals surface area (Å²) < 4.78 is 0. The molecule has 1 saturated heterocycles. The molecule has 1 fully saturated rings. The fourth-order valence-corrected chi connectivity index (χ4v) is 2.82. The maximum Gasteiger partial charge on any atom is 0.228 e. The van der Waals surface area contributed by atoms with Crippen LogP contribution in [0.1, 0.15) is 31.4 Å². The zero-order valence-corrected chi connectivity index (χ0v) is 12.1. The van der Waals surface area contributed by atoms with Gasteiger partial charge in [-0.1, -0.05) is 38.1 Å². The van der Waals surface area contributed by atoms with Gasteiger partial charge in [0.25, 0.3) is 0 Å². The van der Waals surface area contributed by atoms with Gasteiger partial charge in [-0.05, 0) is 36.9 Å². The summed E-state index contributed by atoms with van der Waals surface area (Å²) in [5.74, 6) is 0.551. The van der Waals surface area contributed by atoms with Crippen LogP contribution in [0.25, 0.3) is 0 Å². The van der Waals surface area contributed by atoms with Crippen molar-refractivity contribution in [2.24, 2.45) is 11.3 Å². The summed E-state index contributed by atoms with van der Waals surface area (Å²) in [6.07, 6.45) is 0.935. The second-order valence-corrected chi connectivity index (χ2v) is 5.85. The third-order valence-electron chi connectivity index (χ3n) is 4.45. The monoisotopic (exact) mass is 260 g/mol. The lowest BCUT2D eigenvalue weighted by molar-refractivity contribution is -0.132. The first-order valence-corrected chi connectivity index (χ1v) is 7.10. The molecule has 0 spiro atoms. The van der Waals surface area contributed by atoms with E-state index < -0.39 is 0 Å². The van der Waals surface area contributed by atoms with Gasteiger partial charge in [0, 0.05) is 13.1 Å². The number of benzene rings is 1. The van der Waals surface area contributed by atoms with Gasteiger partial charge in [0.15, 0.2) is 0 Å². The Morgan fingerprint density at radius 2 is 2.16 bits per heavy atom. The van der Waals surface area contributed by atoms with E-state index in [0.717, 1.165) is 19.5 Å². The Balaban J connectivity index is 2.03. The molecule has 1 aromatic rings. The topological polar surface area (TPSA) is 41.1 Å². The Hall–Kier alpha value is -1.35. The van der Waals surface area contributed by atoms with Crippen LogP contribution < -0.4 is 10.6 Å². The lowest BCUT2D eigenvalue weighted by atomic mass is 9.75. The number of carbonyl (C=O) groups excluding carboxylic acids is 1. The lowest BCUT2D eigenvalue weighted by Crippen LogP contribution is -2.45. The molecule has 0 radical (unpaired) electrons. The molecule has 0 aliphatic carbocycles. The molecule has 104 valence electrons. The molecule has 1 aliphatic heterocycles. The van der Waals surface area contributed by atoms with Crippen LogP contribution >= 0.6 is 0 Å². The smallest absolute Gasteiger partial charge is 0.228 e. The van der Waals surface area contributed by atoms with E-state index in [2.05, 4.69) is 43.5 Å². The van der Waals surface area contributed by atoms with E-state index in [-0.39, 0.29) is 11.3 Å². The molecule has 2 N–H and O–H groups in total. The van der Waals surface area contributed by atoms with Gasteiger partial charge >= 0.3 is 0 Å². The number of hydrogen-bond acceptors (Lipinski definition) is 2. The van der Waals surface area contributed by atoms with Crippen molar-refractivity contribution in [2.75, 3.05) is 13.1 Å². The highest BCUT2D eigenvalue weighted by Crippen LogP contribution is 2.34. The quantitative estimate of drug-likeness (QED) is 0.872. The summed E-state index contributed by atoms with van der Waals surface area (Å²) in [6.45, 7) is 8.72. The highest BCUT2D eigenvalue weighted by Gasteiger charge is 2.43. The van der Waals surface area contributed by atoms with E-state index in [9.17, 15) is 4.79 Å². The van der Waals surface area contributed by atoms with Crippen molar-refractivity contribution < 1.29 is 4.79 Å². The minimum Gasteiger partial charge on any atom is -0.351 e. The molecule has 1 aromatic carbocycles. The zero-order chi connectivity index (χ0) is 13.9. The molecule has 19 heavy (non-hydrogen) atoms. The van der Waals surface area contributed by atoms with Crippen molar-refractivity contribution in [3.63, 3.8) is 0 Å². The first-order chi connectivity index (χ1) is 9.06. The van der Waals surface area contributed by atoms with Crippen LogP contribution in [-0.4, -0.2) is 19.0 Å². The van der Waals surface area contributed by atoms with Crippen molar-refractivity contribution in [1.29, 1.82) is 0 Å². The fraction of sp³-hybridized carbons (Fsp3) is 0.562. The molecule has 1 unspecified atom stereocenters. The standard InChI is InChI=1S/C16H24N2O/c1-12(2)16(8-9-17-11-16)15(19)18-10-14-7-5-4-6-13(14)3/h4-7,12,17H,8-11H2,1-3H3,(H,18,19). The highest BCUT2D eigenvalue weighted by molar-refractivity contribution is 5.83. The Morgan fingerprint density at radius 1 is 1.42 bits per heavy atom. The van der Waals surface area contributed by atoms with Gasteiger partial charge < -0.3 is 10.6 Å². The van der Waals surface area contributed by atoms with E-state index >= 15 is 0 Å². The predicted molar refractivity (Wildman–Crippen MR) is 77.8 cm³/mol. The van der Waals surface area contributed by atoms with E-state index in [4.69, 9.17) is 0 Å². The van der Waals surface area contributed by atoms with Gasteiger partial charge in [0.1, 0.15) is 0 Å². The first kappa shape index (κ1) is 14.1. The molecule has 1 aliphatic rings. The van der Waals surface area contributed by atoms with Crippen LogP contribution in [0.3, 0.4) is 0 Å². The third-order valence-corrected chi connectivity index (χ3v) is 4.45. The normalized spacial score (nSPS) is 22.7. The van der Waals surface area contributed by atoms with E-state index in [1.807, 2.05) is 12.1 Å². The zero-order valence-electron chi connectivity index (χ0n) is 12.1. The minimum absolute atomic E-state index is 0.191. The molecule has 0 saturated carbocycles. The Bertz CT molecular complexity index is 448. The van der Waals surface area contributed by atoms with Gasteiger partial charge in [-0.15, -0.1) is 0 Å². The van der Waals surface area contributed by atoms with Crippen LogP contribution in [0.15, 0.2) is 24.3 Å². The van der Waals surface area contributed by atoms with Crippen molar-refractivity contribution >= 4 is 5.91 Å². The average molecular weight is 260 g/mol. The SMILES string of the molecule is Cc1ccccc1CNC(=O)C1(C(C)C)CCNC1. The fourth-order valence-electron chi connectivity index (χ4n) is 2.82. The van der Waals surface area contributed by atoms with Crippen LogP contribution in [0.4, 0.5) is 0 Å². The number of rotatable bonds is 4. The molecular weight excluding hydrogens is 236 g/mol. The van der Waals surface area contributed by atoms with Gasteiger partial charge in [-0.25, -0.2) is 0 Å². The van der Waals surface area contributed by atoms with Gasteiger partial charge in [0.2, 0.25) is 5.91 Å². The van der Waals surface area contributed by atoms with Crippen LogP contribution in [0.5, 0.6) is 0 Å². The molecule has 0 aromatic heterocycles. The molecule has 2 rings (SSSR count). The summed E-state index contributed by atoms with van der Waals surface area (Å²) >= 11 is 0. The molecule has 3 heteroatoms. The molecule has 3 nitrogen and oxygen atoms in total. The summed E-state index contributed by atoms with van der Waals surface area (Å²) in [4.78, 5) is 12.5. The second-order valence-electron chi connectivity index (χ2n) is 5.85. The minimum atomic E-state index is -0.233. The van der Waals surface area contributed by atoms with Crippen LogP contribution in [-0.2, 0) is 11.3 Å². The maximum atomic E-state index is 12.5. The molecule has 0 bridgehead atoms. The third kappa shape index (κ3) is 2.81. The van der Waals surface area contributed by atoms with Gasteiger partial charge in [-0.3, -0.25) is 4.79 Å². The number of aryl methyl sites for hydroxylation is 1. The predicted octanol–water partition coefficient (Wildman–Crippen LogP) is 2.25. The highest BCUT2D eigenvalue weighted by atomic mass is 16.2. The van der Waals surface area contributed by atoms with E-state index in [1.165, 1.54) is 11.1 Å². The Morgan fingerprint density at radius 3 is 2.74 bits per heavy atom. The number of carbonyl (C=O) groups is 1. The maximum absolute atomic E-state index is 12.5. The van der Waals surface area contributed by atoms with Crippen LogP contribution in [0.2, 0.25) is 0 Å². The second kappa shape index (κ2) is 5.74. The van der Waals surface area contributed by atoms with E-state index in [0.29, 0.717) is 12.5 Å². The first-order valence-electron chi connectivity index (χ1n) is 7.10. The molecular formula is C16H24N2O. The Labute approximate surface area is 115 Å². The number of amides is 1. The summed E-state index contributed by atoms with van der Waals surface area (Å²) in [5, 5.41) is 6.45. The number of nitrogens with one attached hydrogen (secondary N) is 2. The Kier molecular flexibility index (Phi) is 4.25. The molecule has 1 heterocycles. The van der Waals surface area contributed by atoms with Crippen molar-refractivity contribution in [3.8, 4) is 0 Å². The van der Waals surface area contributed by atoms with Gasteiger partial charge in [-0.2, -0.15) is 0 Å². The molecule has 1 atom stereocenters. The van der Waals surface area contributed by atoms with Crippen LogP contribution in [0, 0.1) is 18.3 Å². The number of hydrogen-bond donors (Lipinski definition) is 2. The summed E-state index contributed by atoms with van der Waals surface area (Å²) in [5.41, 5.74) is 2.19. The van der Waals surface area contributed by atoms with E-state index in [1.54, 1.807) is 0 Å². The largest absolute Gasteiger partial charge is 0.351 e. The summed E-state index contributed by atoms with van der Waals surface area (Å²) in [6, 6.07) is 8.20. The lowest BCUT2D eigenvalue weighted by Gasteiger charge is -2.31.